The van der Waals surface area contributed by atoms with Gasteiger partial charge in [0.15, 0.2) is 0 Å². The van der Waals surface area contributed by atoms with Crippen LogP contribution in [-0.2, 0) is 10.3 Å². The van der Waals surface area contributed by atoms with Crippen LogP contribution in [0.1, 0.15) is 49.7 Å². The molecular weight excluding hydrogens is 720 g/mol. The summed E-state index contributed by atoms with van der Waals surface area (Å²) in [6.45, 7) is 0.263. The molecule has 2 N–H and O–H groups in total. The van der Waals surface area contributed by atoms with Crippen LogP contribution >= 0.6 is 54.0 Å². The molecule has 7 heteroatoms. The number of alkyl halides is 3. The second-order valence-corrected chi connectivity index (χ2v) is 18.5. The van der Waals surface area contributed by atoms with Crippen LogP contribution in [0.4, 0.5) is 5.69 Å². The number of halogens is 3. The summed E-state index contributed by atoms with van der Waals surface area (Å²) < 4.78 is 4.71. The summed E-state index contributed by atoms with van der Waals surface area (Å²) >= 11 is 7.49. The Morgan fingerprint density at radius 3 is 2.24 bits per heavy atom. The Hall–Kier alpha value is -1.67. The predicted molar refractivity (Wildman–Crippen MR) is 174 cm³/mol. The van der Waals surface area contributed by atoms with Gasteiger partial charge in [-0.25, -0.2) is 0 Å². The summed E-state index contributed by atoms with van der Waals surface area (Å²) in [7, 11) is 0. The molecule has 0 aromatic heterocycles. The van der Waals surface area contributed by atoms with Crippen LogP contribution in [0.3, 0.4) is 0 Å². The number of anilines is 1. The molecule has 5 rings (SSSR count). The number of amides is 1. The van der Waals surface area contributed by atoms with Crippen LogP contribution in [0, 0.1) is 14.9 Å². The Labute approximate surface area is 251 Å². The Morgan fingerprint density at radius 2 is 1.63 bits per heavy atom. The number of carbonyl (C=O) groups excluding carboxylic acids is 1. The molecule has 198 valence electrons. The first-order chi connectivity index (χ1) is 18.5. The number of hydrogen-bond donors (Lipinski definition) is 2. The van der Waals surface area contributed by atoms with Crippen molar-refractivity contribution in [3.8, 4) is 17.2 Å². The average Bonchev–Trinajstić information content (AvgIpc) is 3.50. The van der Waals surface area contributed by atoms with Gasteiger partial charge in [-0.05, 0) is 0 Å². The van der Waals surface area contributed by atoms with E-state index in [0.717, 1.165) is 37.2 Å². The van der Waals surface area contributed by atoms with Crippen LogP contribution in [0.15, 0.2) is 66.7 Å². The molecule has 0 unspecified atom stereocenters. The van der Waals surface area contributed by atoms with Crippen molar-refractivity contribution in [2.45, 2.75) is 48.0 Å². The van der Waals surface area contributed by atoms with Gasteiger partial charge in [-0.1, -0.05) is 0 Å². The Balaban J connectivity index is 1.32. The zero-order valence-electron chi connectivity index (χ0n) is 21.3. The van der Waals surface area contributed by atoms with Crippen LogP contribution in [0.2, 0.25) is 5.02 Å². The summed E-state index contributed by atoms with van der Waals surface area (Å²) in [5.41, 5.74) is 4.71. The molecule has 3 aromatic carbocycles. The van der Waals surface area contributed by atoms with Crippen molar-refractivity contribution in [2.75, 3.05) is 20.7 Å². The molecule has 1 aliphatic heterocycles. The van der Waals surface area contributed by atoms with Gasteiger partial charge in [0.1, 0.15) is 0 Å². The summed E-state index contributed by atoms with van der Waals surface area (Å²) in [5.74, 6) is -0.0485. The molecule has 1 saturated carbocycles. The van der Waals surface area contributed by atoms with Crippen molar-refractivity contribution in [3.05, 3.63) is 86.4 Å². The van der Waals surface area contributed by atoms with Crippen molar-refractivity contribution in [1.29, 1.82) is 5.26 Å². The third-order valence-corrected chi connectivity index (χ3v) is 17.0. The van der Waals surface area contributed by atoms with Gasteiger partial charge in [0.2, 0.25) is 0 Å². The molecular formula is C31H32ClI2N3O. The van der Waals surface area contributed by atoms with Crippen molar-refractivity contribution in [1.82, 2.24) is 5.32 Å². The minimum atomic E-state index is -0.949. The monoisotopic (exact) mass is 751 g/mol. The van der Waals surface area contributed by atoms with E-state index in [1.165, 1.54) is 40.1 Å². The Bertz CT molecular complexity index is 1310. The van der Waals surface area contributed by atoms with E-state index in [1.54, 1.807) is 6.07 Å². The maximum atomic E-state index is 13.0. The van der Waals surface area contributed by atoms with Crippen LogP contribution < -0.4 is 10.6 Å². The second kappa shape index (κ2) is 12.7. The number of hydrogen-bond acceptors (Lipinski definition) is 3. The number of nitriles is 1. The topological polar surface area (TPSA) is 64.9 Å². The quantitative estimate of drug-likeness (QED) is 0.189. The molecule has 2 aliphatic rings. The maximum absolute atomic E-state index is 13.0. The fraction of sp³-hybridized carbons (Fsp3) is 0.355. The van der Waals surface area contributed by atoms with E-state index in [-0.39, 0.29) is 18.0 Å². The van der Waals surface area contributed by atoms with E-state index in [4.69, 9.17) is 16.9 Å². The predicted octanol–water partition coefficient (Wildman–Crippen LogP) is 8.15. The van der Waals surface area contributed by atoms with E-state index < -0.39 is 19.8 Å². The minimum absolute atomic E-state index is 0.0485. The van der Waals surface area contributed by atoms with Gasteiger partial charge in [0, 0.05) is 0 Å². The third kappa shape index (κ3) is 6.55. The van der Waals surface area contributed by atoms with Gasteiger partial charge in [0.25, 0.3) is 0 Å². The van der Waals surface area contributed by atoms with E-state index in [1.807, 2.05) is 36.4 Å². The number of nitrogens with one attached hydrogen (secondary N) is 2. The Morgan fingerprint density at radius 1 is 1.00 bits per heavy atom. The van der Waals surface area contributed by atoms with E-state index >= 15 is 0 Å². The van der Waals surface area contributed by atoms with Crippen molar-refractivity contribution in [3.63, 3.8) is 0 Å². The van der Waals surface area contributed by atoms with Crippen molar-refractivity contribution in [2.24, 2.45) is 0 Å². The average molecular weight is 752 g/mol. The van der Waals surface area contributed by atoms with Crippen LogP contribution in [0.5, 0.6) is 0 Å². The zero-order chi connectivity index (χ0) is 26.5. The molecule has 1 aliphatic carbocycles. The number of carbonyl (C=O) groups is 1. The number of nitrogens with zero attached hydrogens (tertiary/aromatic N) is 1. The molecule has 1 amide bonds. The summed E-state index contributed by atoms with van der Waals surface area (Å²) in [5, 5.41) is 16.5. The van der Waals surface area contributed by atoms with Gasteiger partial charge in [-0.15, -0.1) is 0 Å². The molecule has 4 nitrogen and oxygen atoms in total. The molecule has 0 bridgehead atoms. The molecule has 1 saturated heterocycles. The fourth-order valence-corrected chi connectivity index (χ4v) is 14.3. The normalized spacial score (nSPS) is 18.2. The number of rotatable bonds is 7. The summed E-state index contributed by atoms with van der Waals surface area (Å²) in [6, 6.07) is 24.3. The van der Waals surface area contributed by atoms with Crippen molar-refractivity contribution < 1.29 is 4.79 Å². The molecule has 3 aromatic rings. The first-order valence-electron chi connectivity index (χ1n) is 13.2. The summed E-state index contributed by atoms with van der Waals surface area (Å²) in [6.07, 6.45) is 7.95. The van der Waals surface area contributed by atoms with Crippen LogP contribution in [-0.4, -0.2) is 25.2 Å². The molecule has 0 spiro atoms. The fourth-order valence-electron chi connectivity index (χ4n) is 5.59. The van der Waals surface area contributed by atoms with E-state index in [2.05, 4.69) is 63.6 Å². The first kappa shape index (κ1) is 27.9. The SMILES string of the molecule is N#Cc1ccc(-c2ccc(C3(NCC(=O)Nc4ccc(I)c(Cl)c4)CCI(C4CCCC4)CC3)cc2)cc1. The van der Waals surface area contributed by atoms with E-state index in [0.29, 0.717) is 10.6 Å². The standard InChI is InChI=1S/C31H32ClI2N3O/c32-28-19-27(13-14-29(28)33)37-30(38)21-36-31(15-17-34(18-16-31)26-3-1-2-4-26)25-11-9-24(10-12-25)23-7-5-22(20-35)6-8-23/h5-14,19,26,36H,1-4,15-18,21H2,(H,37,38). The van der Waals surface area contributed by atoms with E-state index in [9.17, 15) is 4.79 Å². The van der Waals surface area contributed by atoms with Crippen LogP contribution in [0.25, 0.3) is 11.1 Å². The molecule has 1 heterocycles. The number of benzene rings is 3. The van der Waals surface area contributed by atoms with Gasteiger partial charge in [-0.2, -0.15) is 5.26 Å². The van der Waals surface area contributed by atoms with Gasteiger partial charge in [0.05, 0.1) is 0 Å². The molecule has 0 atom stereocenters. The second-order valence-electron chi connectivity index (χ2n) is 10.1. The first-order valence-corrected chi connectivity index (χ1v) is 18.9. The summed E-state index contributed by atoms with van der Waals surface area (Å²) in [4.78, 5) is 13.0. The van der Waals surface area contributed by atoms with Gasteiger partial charge < -0.3 is 0 Å². The van der Waals surface area contributed by atoms with Gasteiger partial charge >= 0.3 is 248 Å². The van der Waals surface area contributed by atoms with Gasteiger partial charge in [-0.3, -0.25) is 0 Å². The molecule has 38 heavy (non-hydrogen) atoms. The molecule has 0 radical (unpaired) electrons. The Kier molecular flexibility index (Phi) is 9.29. The molecule has 2 fully saturated rings. The zero-order valence-corrected chi connectivity index (χ0v) is 26.4. The van der Waals surface area contributed by atoms with Crippen molar-refractivity contribution >= 4 is 65.6 Å². The third-order valence-electron chi connectivity index (χ3n) is 7.82.